The molecule has 5 nitrogen and oxygen atoms in total. The molecule has 0 bridgehead atoms. The average Bonchev–Trinajstić information content (AvgIpc) is 2.63. The maximum Gasteiger partial charge on any atom is 0.265 e. The van der Waals surface area contributed by atoms with Crippen molar-refractivity contribution in [1.82, 2.24) is 5.32 Å². The van der Waals surface area contributed by atoms with Crippen LogP contribution in [0.15, 0.2) is 60.0 Å². The predicted octanol–water partition coefficient (Wildman–Crippen LogP) is 3.43. The van der Waals surface area contributed by atoms with Gasteiger partial charge in [0.25, 0.3) is 15.9 Å². The van der Waals surface area contributed by atoms with Crippen molar-refractivity contribution < 1.29 is 13.2 Å². The van der Waals surface area contributed by atoms with Crippen LogP contribution in [0.2, 0.25) is 0 Å². The summed E-state index contributed by atoms with van der Waals surface area (Å²) in [5.74, 6) is 0.188. The molecule has 1 heterocycles. The predicted molar refractivity (Wildman–Crippen MR) is 104 cm³/mol. The van der Waals surface area contributed by atoms with Crippen LogP contribution in [0.1, 0.15) is 24.2 Å². The molecule has 0 fully saturated rings. The van der Waals surface area contributed by atoms with Crippen LogP contribution in [-0.2, 0) is 10.0 Å². The van der Waals surface area contributed by atoms with Crippen LogP contribution in [0.5, 0.6) is 0 Å². The van der Waals surface area contributed by atoms with Crippen LogP contribution in [0.4, 0.5) is 5.69 Å². The molecule has 0 saturated carbocycles. The number of sulfonamides is 1. The monoisotopic (exact) mass is 370 g/mol. The SMILES string of the molecule is C=CCN1c2ccc(C(=O)NCC(C)C)cc2-c2ccccc2S1(=O)=O. The molecule has 0 unspecified atom stereocenters. The van der Waals surface area contributed by atoms with Gasteiger partial charge in [-0.25, -0.2) is 8.42 Å². The van der Waals surface area contributed by atoms with E-state index in [1.807, 2.05) is 13.8 Å². The van der Waals surface area contributed by atoms with Crippen molar-refractivity contribution in [3.05, 3.63) is 60.7 Å². The zero-order valence-corrected chi connectivity index (χ0v) is 15.7. The highest BCUT2D eigenvalue weighted by atomic mass is 32.2. The summed E-state index contributed by atoms with van der Waals surface area (Å²) in [7, 11) is -3.65. The van der Waals surface area contributed by atoms with Gasteiger partial charge in [0.2, 0.25) is 0 Å². The van der Waals surface area contributed by atoms with E-state index in [-0.39, 0.29) is 17.3 Å². The van der Waals surface area contributed by atoms with E-state index in [2.05, 4.69) is 11.9 Å². The second-order valence-electron chi connectivity index (χ2n) is 6.66. The zero-order valence-electron chi connectivity index (χ0n) is 14.9. The molecule has 1 N–H and O–H groups in total. The summed E-state index contributed by atoms with van der Waals surface area (Å²) in [5, 5.41) is 2.89. The average molecular weight is 370 g/mol. The van der Waals surface area contributed by atoms with Gasteiger partial charge in [-0.2, -0.15) is 0 Å². The molecule has 0 aromatic heterocycles. The first-order valence-corrected chi connectivity index (χ1v) is 9.95. The highest BCUT2D eigenvalue weighted by molar-refractivity contribution is 7.93. The number of rotatable bonds is 5. The van der Waals surface area contributed by atoms with Gasteiger partial charge in [-0.05, 0) is 30.2 Å². The normalized spacial score (nSPS) is 14.5. The van der Waals surface area contributed by atoms with E-state index in [9.17, 15) is 13.2 Å². The minimum absolute atomic E-state index is 0.164. The summed E-state index contributed by atoms with van der Waals surface area (Å²) >= 11 is 0. The Balaban J connectivity index is 2.13. The number of carbonyl (C=O) groups is 1. The molecular weight excluding hydrogens is 348 g/mol. The maximum absolute atomic E-state index is 13.0. The van der Waals surface area contributed by atoms with E-state index in [0.717, 1.165) is 5.56 Å². The van der Waals surface area contributed by atoms with Crippen molar-refractivity contribution >= 4 is 21.6 Å². The number of benzene rings is 2. The number of fused-ring (bicyclic) bond motifs is 3. The van der Waals surface area contributed by atoms with Gasteiger partial charge in [0.1, 0.15) is 0 Å². The summed E-state index contributed by atoms with van der Waals surface area (Å²) in [6.07, 6.45) is 1.55. The summed E-state index contributed by atoms with van der Waals surface area (Å²) in [4.78, 5) is 12.7. The Morgan fingerprint density at radius 3 is 2.62 bits per heavy atom. The van der Waals surface area contributed by atoms with E-state index in [0.29, 0.717) is 29.3 Å². The number of nitrogens with zero attached hydrogens (tertiary/aromatic N) is 1. The molecule has 2 aromatic rings. The number of amides is 1. The summed E-state index contributed by atoms with van der Waals surface area (Å²) in [6, 6.07) is 12.0. The van der Waals surface area contributed by atoms with Gasteiger partial charge in [0, 0.05) is 23.2 Å². The Morgan fingerprint density at radius 1 is 1.19 bits per heavy atom. The van der Waals surface area contributed by atoms with E-state index >= 15 is 0 Å². The lowest BCUT2D eigenvalue weighted by molar-refractivity contribution is 0.0949. The molecule has 1 aliphatic rings. The summed E-state index contributed by atoms with van der Waals surface area (Å²) in [5.41, 5.74) is 2.41. The first-order chi connectivity index (χ1) is 12.4. The molecule has 1 amide bonds. The van der Waals surface area contributed by atoms with Crippen LogP contribution < -0.4 is 9.62 Å². The van der Waals surface area contributed by atoms with Crippen molar-refractivity contribution in [1.29, 1.82) is 0 Å². The van der Waals surface area contributed by atoms with Crippen molar-refractivity contribution in [2.24, 2.45) is 5.92 Å². The molecule has 136 valence electrons. The Bertz CT molecular complexity index is 965. The topological polar surface area (TPSA) is 66.5 Å². The highest BCUT2D eigenvalue weighted by Crippen LogP contribution is 2.43. The van der Waals surface area contributed by atoms with Gasteiger partial charge < -0.3 is 5.32 Å². The number of hydrogen-bond donors (Lipinski definition) is 1. The van der Waals surface area contributed by atoms with Gasteiger partial charge in [-0.3, -0.25) is 9.10 Å². The lowest BCUT2D eigenvalue weighted by Gasteiger charge is -2.31. The number of carbonyl (C=O) groups excluding carboxylic acids is 1. The van der Waals surface area contributed by atoms with Crippen molar-refractivity contribution in [3.8, 4) is 11.1 Å². The van der Waals surface area contributed by atoms with Crippen LogP contribution in [-0.4, -0.2) is 27.4 Å². The van der Waals surface area contributed by atoms with Crippen LogP contribution in [0.3, 0.4) is 0 Å². The molecule has 0 aliphatic carbocycles. The molecule has 3 rings (SSSR count). The Hall–Kier alpha value is -2.60. The third kappa shape index (κ3) is 3.12. The van der Waals surface area contributed by atoms with E-state index < -0.39 is 10.0 Å². The maximum atomic E-state index is 13.0. The van der Waals surface area contributed by atoms with E-state index in [4.69, 9.17) is 0 Å². The fourth-order valence-corrected chi connectivity index (χ4v) is 4.65. The second-order valence-corrected chi connectivity index (χ2v) is 8.49. The Labute approximate surface area is 154 Å². The van der Waals surface area contributed by atoms with Crippen molar-refractivity contribution in [2.75, 3.05) is 17.4 Å². The van der Waals surface area contributed by atoms with Gasteiger partial charge in [-0.15, -0.1) is 6.58 Å². The van der Waals surface area contributed by atoms with Gasteiger partial charge >= 0.3 is 0 Å². The minimum atomic E-state index is -3.65. The van der Waals surface area contributed by atoms with Crippen LogP contribution >= 0.6 is 0 Å². The van der Waals surface area contributed by atoms with Gasteiger partial charge in [0.05, 0.1) is 17.1 Å². The molecule has 1 aliphatic heterocycles. The third-order valence-corrected chi connectivity index (χ3v) is 6.08. The molecule has 26 heavy (non-hydrogen) atoms. The standard InChI is InChI=1S/C20H22N2O3S/c1-4-11-22-18-10-9-15(20(23)21-13-14(2)3)12-17(18)16-7-5-6-8-19(16)26(22,24)25/h4-10,12,14H,1,11,13H2,2-3H3,(H,21,23). The first kappa shape index (κ1) is 18.2. The quantitative estimate of drug-likeness (QED) is 0.820. The molecule has 2 aromatic carbocycles. The summed E-state index contributed by atoms with van der Waals surface area (Å²) in [6.45, 7) is 8.48. The minimum Gasteiger partial charge on any atom is -0.352 e. The molecular formula is C20H22N2O3S. The molecule has 6 heteroatoms. The first-order valence-electron chi connectivity index (χ1n) is 8.51. The third-order valence-electron chi connectivity index (χ3n) is 4.24. The van der Waals surface area contributed by atoms with Gasteiger partial charge in [-0.1, -0.05) is 38.1 Å². The van der Waals surface area contributed by atoms with Crippen molar-refractivity contribution in [2.45, 2.75) is 18.7 Å². The molecule has 0 atom stereocenters. The fraction of sp³-hybridized carbons (Fsp3) is 0.250. The van der Waals surface area contributed by atoms with Crippen LogP contribution in [0.25, 0.3) is 11.1 Å². The lowest BCUT2D eigenvalue weighted by atomic mass is 10.00. The van der Waals surface area contributed by atoms with E-state index in [1.54, 1.807) is 48.5 Å². The van der Waals surface area contributed by atoms with Crippen LogP contribution in [0, 0.1) is 5.92 Å². The van der Waals surface area contributed by atoms with E-state index in [1.165, 1.54) is 4.31 Å². The smallest absolute Gasteiger partial charge is 0.265 e. The largest absolute Gasteiger partial charge is 0.352 e. The lowest BCUT2D eigenvalue weighted by Crippen LogP contribution is -2.34. The highest BCUT2D eigenvalue weighted by Gasteiger charge is 2.34. The molecule has 0 spiro atoms. The van der Waals surface area contributed by atoms with Crippen molar-refractivity contribution in [3.63, 3.8) is 0 Å². The Morgan fingerprint density at radius 2 is 1.92 bits per heavy atom. The number of nitrogens with one attached hydrogen (secondary N) is 1. The fourth-order valence-electron chi connectivity index (χ4n) is 2.99. The van der Waals surface area contributed by atoms with Gasteiger partial charge in [0.15, 0.2) is 0 Å². The Kier molecular flexibility index (Phi) is 4.87. The molecule has 0 radical (unpaired) electrons. The molecule has 0 saturated heterocycles. The summed E-state index contributed by atoms with van der Waals surface area (Å²) < 4.78 is 27.2. The second kappa shape index (κ2) is 6.96. The zero-order chi connectivity index (χ0) is 18.9. The number of hydrogen-bond acceptors (Lipinski definition) is 3. The number of anilines is 1.